The second-order valence-corrected chi connectivity index (χ2v) is 9.11. The van der Waals surface area contributed by atoms with Crippen molar-refractivity contribution in [3.8, 4) is 0 Å². The number of methoxy groups -OCH3 is 1. The second kappa shape index (κ2) is 15.6. The summed E-state index contributed by atoms with van der Waals surface area (Å²) in [4.78, 5) is 38.3. The minimum atomic E-state index is -0.500. The highest BCUT2D eigenvalue weighted by Gasteiger charge is 2.22. The SMILES string of the molecule is C=C(/C=c1/cccc/c1=C/C)CC(=O)OCC(CCCC(=O)OC)N(C)C(=O)NCc1ccc(F)cc1Cl. The van der Waals surface area contributed by atoms with E-state index in [9.17, 15) is 18.8 Å². The lowest BCUT2D eigenvalue weighted by molar-refractivity contribution is -0.145. The van der Waals surface area contributed by atoms with Crippen molar-refractivity contribution >= 4 is 41.7 Å². The Balaban J connectivity index is 2.01. The van der Waals surface area contributed by atoms with E-state index in [-0.39, 0.29) is 37.0 Å². The molecule has 2 aromatic carbocycles. The molecule has 0 radical (unpaired) electrons. The molecule has 0 fully saturated rings. The van der Waals surface area contributed by atoms with Gasteiger partial charge in [-0.1, -0.05) is 60.7 Å². The number of likely N-dealkylation sites (N-methyl/N-ethyl adjacent to an activating group) is 1. The van der Waals surface area contributed by atoms with Crippen LogP contribution in [0.15, 0.2) is 54.6 Å². The number of nitrogens with zero attached hydrogens (tertiary/aromatic N) is 1. The lowest BCUT2D eigenvalue weighted by Gasteiger charge is -2.28. The van der Waals surface area contributed by atoms with E-state index in [0.29, 0.717) is 24.0 Å². The van der Waals surface area contributed by atoms with Gasteiger partial charge in [0.05, 0.1) is 19.6 Å². The standard InChI is InChI=1S/C29H34ClFN2O5/c1-5-21-9-6-7-10-22(21)15-20(2)16-28(35)38-19-25(11-8-12-27(34)37-4)33(3)29(36)32-18-23-13-14-24(31)17-26(23)30/h5-7,9-10,13-15,17,25H,2,8,11-12,16,18-19H2,1,3-4H3,(H,32,36)/b21-5-,22-15-. The van der Waals surface area contributed by atoms with Crippen molar-refractivity contribution in [3.05, 3.63) is 81.5 Å². The van der Waals surface area contributed by atoms with Crippen molar-refractivity contribution in [1.82, 2.24) is 10.2 Å². The molecule has 2 aromatic rings. The van der Waals surface area contributed by atoms with Crippen LogP contribution in [-0.2, 0) is 25.6 Å². The minimum Gasteiger partial charge on any atom is -0.469 e. The molecule has 0 aliphatic rings. The van der Waals surface area contributed by atoms with Gasteiger partial charge in [0, 0.05) is 25.0 Å². The van der Waals surface area contributed by atoms with Gasteiger partial charge in [-0.15, -0.1) is 0 Å². The van der Waals surface area contributed by atoms with Crippen molar-refractivity contribution in [1.29, 1.82) is 0 Å². The quantitative estimate of drug-likeness (QED) is 0.407. The molecule has 1 unspecified atom stereocenters. The van der Waals surface area contributed by atoms with E-state index in [1.165, 1.54) is 30.2 Å². The summed E-state index contributed by atoms with van der Waals surface area (Å²) in [6.45, 7) is 5.93. The molecule has 204 valence electrons. The number of nitrogens with one attached hydrogen (secondary N) is 1. The van der Waals surface area contributed by atoms with Gasteiger partial charge in [0.2, 0.25) is 0 Å². The van der Waals surface area contributed by atoms with Crippen molar-refractivity contribution in [2.24, 2.45) is 0 Å². The largest absolute Gasteiger partial charge is 0.469 e. The average Bonchev–Trinajstić information content (AvgIpc) is 2.89. The van der Waals surface area contributed by atoms with Crippen LogP contribution in [0.4, 0.5) is 9.18 Å². The van der Waals surface area contributed by atoms with Crippen molar-refractivity contribution in [2.75, 3.05) is 20.8 Å². The maximum absolute atomic E-state index is 13.3. The number of amides is 2. The third-order valence-corrected chi connectivity index (χ3v) is 6.29. The first kappa shape index (κ1) is 30.6. The number of benzene rings is 2. The fraction of sp³-hybridized carbons (Fsp3) is 0.345. The monoisotopic (exact) mass is 544 g/mol. The highest BCUT2D eigenvalue weighted by molar-refractivity contribution is 6.31. The zero-order valence-electron chi connectivity index (χ0n) is 22.0. The van der Waals surface area contributed by atoms with Gasteiger partial charge in [-0.3, -0.25) is 9.59 Å². The summed E-state index contributed by atoms with van der Waals surface area (Å²) >= 11 is 6.04. The summed E-state index contributed by atoms with van der Waals surface area (Å²) in [5.41, 5.74) is 1.15. The number of carbonyl (C=O) groups excluding carboxylic acids is 3. The molecule has 1 atom stereocenters. The Hall–Kier alpha value is -3.65. The zero-order valence-corrected chi connectivity index (χ0v) is 22.7. The molecule has 0 spiro atoms. The van der Waals surface area contributed by atoms with E-state index in [2.05, 4.69) is 16.6 Å². The first-order valence-electron chi connectivity index (χ1n) is 12.2. The van der Waals surface area contributed by atoms with Gasteiger partial charge in [-0.25, -0.2) is 9.18 Å². The molecular formula is C29H34ClFN2O5. The van der Waals surface area contributed by atoms with E-state index < -0.39 is 23.9 Å². The summed E-state index contributed by atoms with van der Waals surface area (Å²) in [6, 6.07) is 10.8. The number of urea groups is 1. The Morgan fingerprint density at radius 2 is 1.87 bits per heavy atom. The Labute approximate surface area is 227 Å². The zero-order chi connectivity index (χ0) is 28.1. The molecule has 7 nitrogen and oxygen atoms in total. The normalized spacial score (nSPS) is 12.6. The van der Waals surface area contributed by atoms with Gasteiger partial charge in [-0.2, -0.15) is 0 Å². The molecule has 0 saturated carbocycles. The third-order valence-electron chi connectivity index (χ3n) is 5.93. The summed E-state index contributed by atoms with van der Waals surface area (Å²) < 4.78 is 23.5. The molecule has 9 heteroatoms. The Bertz CT molecular complexity index is 1260. The van der Waals surface area contributed by atoms with Crippen LogP contribution in [0.25, 0.3) is 12.2 Å². The summed E-state index contributed by atoms with van der Waals surface area (Å²) in [6.07, 6.45) is 4.80. The number of halogens is 2. The number of hydrogen-bond donors (Lipinski definition) is 1. The maximum atomic E-state index is 13.3. The van der Waals surface area contributed by atoms with Gasteiger partial charge < -0.3 is 19.7 Å². The summed E-state index contributed by atoms with van der Waals surface area (Å²) in [7, 11) is 2.88. The molecule has 2 rings (SSSR count). The fourth-order valence-electron chi connectivity index (χ4n) is 3.70. The lowest BCUT2D eigenvalue weighted by atomic mass is 10.1. The predicted octanol–water partition coefficient (Wildman–Crippen LogP) is 4.10. The van der Waals surface area contributed by atoms with Crippen LogP contribution in [0.3, 0.4) is 0 Å². The van der Waals surface area contributed by atoms with Gasteiger partial charge in [0.1, 0.15) is 12.4 Å². The number of carbonyl (C=O) groups is 3. The molecule has 0 aromatic heterocycles. The van der Waals surface area contributed by atoms with Gasteiger partial charge in [0.25, 0.3) is 0 Å². The van der Waals surface area contributed by atoms with E-state index in [0.717, 1.165) is 10.4 Å². The third kappa shape index (κ3) is 10.0. The van der Waals surface area contributed by atoms with Crippen LogP contribution in [0.2, 0.25) is 5.02 Å². The van der Waals surface area contributed by atoms with E-state index in [4.69, 9.17) is 16.3 Å². The van der Waals surface area contributed by atoms with Crippen molar-refractivity contribution in [2.45, 2.75) is 45.2 Å². The van der Waals surface area contributed by atoms with Crippen LogP contribution in [0, 0.1) is 5.82 Å². The van der Waals surface area contributed by atoms with Gasteiger partial charge >= 0.3 is 18.0 Å². The van der Waals surface area contributed by atoms with Gasteiger partial charge in [0.15, 0.2) is 0 Å². The van der Waals surface area contributed by atoms with E-state index in [1.54, 1.807) is 7.05 Å². The number of hydrogen-bond acceptors (Lipinski definition) is 5. The van der Waals surface area contributed by atoms with Gasteiger partial charge in [-0.05, 0) is 53.5 Å². The molecule has 0 aliphatic heterocycles. The van der Waals surface area contributed by atoms with Crippen LogP contribution in [0.5, 0.6) is 0 Å². The molecule has 0 heterocycles. The smallest absolute Gasteiger partial charge is 0.317 e. The highest BCUT2D eigenvalue weighted by Crippen LogP contribution is 2.17. The van der Waals surface area contributed by atoms with Crippen LogP contribution >= 0.6 is 11.6 Å². The Morgan fingerprint density at radius 1 is 1.16 bits per heavy atom. The molecule has 1 N–H and O–H groups in total. The van der Waals surface area contributed by atoms with Crippen LogP contribution < -0.4 is 15.8 Å². The molecule has 2 amide bonds. The van der Waals surface area contributed by atoms with Crippen molar-refractivity contribution in [3.63, 3.8) is 0 Å². The summed E-state index contributed by atoms with van der Waals surface area (Å²) in [5, 5.41) is 4.92. The number of ether oxygens (including phenoxy) is 2. The van der Waals surface area contributed by atoms with Crippen LogP contribution in [-0.4, -0.2) is 49.7 Å². The first-order valence-corrected chi connectivity index (χ1v) is 12.6. The first-order chi connectivity index (χ1) is 18.1. The molecule has 0 aliphatic carbocycles. The van der Waals surface area contributed by atoms with Crippen LogP contribution in [0.1, 0.15) is 38.2 Å². The fourth-order valence-corrected chi connectivity index (χ4v) is 3.94. The minimum absolute atomic E-state index is 0.00803. The summed E-state index contributed by atoms with van der Waals surface area (Å²) in [5.74, 6) is -1.31. The molecule has 38 heavy (non-hydrogen) atoms. The molecule has 0 bridgehead atoms. The van der Waals surface area contributed by atoms with E-state index >= 15 is 0 Å². The van der Waals surface area contributed by atoms with Crippen molar-refractivity contribution < 1.29 is 28.2 Å². The number of rotatable bonds is 12. The highest BCUT2D eigenvalue weighted by atomic mass is 35.5. The maximum Gasteiger partial charge on any atom is 0.317 e. The van der Waals surface area contributed by atoms with E-state index in [1.807, 2.05) is 43.3 Å². The topological polar surface area (TPSA) is 84.9 Å². The average molecular weight is 545 g/mol. The molecule has 0 saturated heterocycles. The Kier molecular flexibility index (Phi) is 12.5. The second-order valence-electron chi connectivity index (χ2n) is 8.71. The molecular weight excluding hydrogens is 511 g/mol. The lowest BCUT2D eigenvalue weighted by Crippen LogP contribution is -2.45. The number of esters is 2. The predicted molar refractivity (Wildman–Crippen MR) is 146 cm³/mol. The Morgan fingerprint density at radius 3 is 2.53 bits per heavy atom.